The highest BCUT2D eigenvalue weighted by Gasteiger charge is 2.32. The van der Waals surface area contributed by atoms with Crippen molar-refractivity contribution >= 4 is 23.2 Å². The number of nitrogens with one attached hydrogen (secondary N) is 2. The number of likely N-dealkylation sites (N-methyl/N-ethyl adjacent to an activating group) is 1. The third-order valence-electron chi connectivity index (χ3n) is 4.76. The largest absolute Gasteiger partial charge is 0.573 e. The van der Waals surface area contributed by atoms with Crippen LogP contribution in [0, 0.1) is 0 Å². The molecule has 2 aromatic carbocycles. The zero-order valence-corrected chi connectivity index (χ0v) is 16.6. The second-order valence-electron chi connectivity index (χ2n) is 7.38. The summed E-state index contributed by atoms with van der Waals surface area (Å²) in [6, 6.07) is 12.7. The summed E-state index contributed by atoms with van der Waals surface area (Å²) in [5, 5.41) is 2.61. The zero-order valence-electron chi connectivity index (χ0n) is 16.6. The number of alkyl halides is 3. The van der Waals surface area contributed by atoms with Crippen molar-refractivity contribution in [2.45, 2.75) is 25.7 Å². The number of benzene rings is 2. The first-order valence-corrected chi connectivity index (χ1v) is 9.49. The van der Waals surface area contributed by atoms with Crippen molar-refractivity contribution in [1.82, 2.24) is 0 Å². The van der Waals surface area contributed by atoms with Crippen molar-refractivity contribution in [1.29, 1.82) is 0 Å². The second-order valence-corrected chi connectivity index (χ2v) is 7.38. The van der Waals surface area contributed by atoms with Crippen LogP contribution in [0.3, 0.4) is 0 Å². The van der Waals surface area contributed by atoms with Gasteiger partial charge in [0.15, 0.2) is 13.1 Å². The van der Waals surface area contributed by atoms with Gasteiger partial charge in [0.25, 0.3) is 11.8 Å². The van der Waals surface area contributed by atoms with E-state index < -0.39 is 6.36 Å². The molecular formula is C21H23F3N3O3+. The standard InChI is InChI=1S/C21H22F3N3O3/c1-14-11-15-5-3-4-6-18(15)27(14)20(29)13-26(2)12-19(28)25-16-7-9-17(10-8-16)30-21(22,23)24/h3-10,14H,11-13H2,1-2H3,(H,25,28)/p+1/t14-/m0/s1. The van der Waals surface area contributed by atoms with Gasteiger partial charge in [-0.25, -0.2) is 0 Å². The summed E-state index contributed by atoms with van der Waals surface area (Å²) >= 11 is 0. The molecule has 0 fully saturated rings. The number of para-hydroxylation sites is 1. The van der Waals surface area contributed by atoms with Gasteiger partial charge in [-0.3, -0.25) is 9.59 Å². The molecule has 160 valence electrons. The fourth-order valence-corrected chi connectivity index (χ4v) is 3.57. The number of rotatable bonds is 6. The minimum atomic E-state index is -4.77. The van der Waals surface area contributed by atoms with Crippen LogP contribution in [0.5, 0.6) is 5.75 Å². The number of carbonyl (C=O) groups is 2. The van der Waals surface area contributed by atoms with Crippen molar-refractivity contribution < 1.29 is 32.4 Å². The van der Waals surface area contributed by atoms with Crippen LogP contribution in [0.2, 0.25) is 0 Å². The molecule has 0 aliphatic carbocycles. The minimum absolute atomic E-state index is 0.0381. The van der Waals surface area contributed by atoms with Crippen molar-refractivity contribution in [2.75, 3.05) is 30.4 Å². The van der Waals surface area contributed by atoms with Crippen LogP contribution in [0.25, 0.3) is 0 Å². The summed E-state index contributed by atoms with van der Waals surface area (Å²) in [5.41, 5.74) is 2.39. The number of ether oxygens (including phenoxy) is 1. The van der Waals surface area contributed by atoms with E-state index in [9.17, 15) is 22.8 Å². The third kappa shape index (κ3) is 5.50. The van der Waals surface area contributed by atoms with E-state index in [1.165, 1.54) is 12.1 Å². The van der Waals surface area contributed by atoms with Crippen LogP contribution in [-0.4, -0.2) is 44.4 Å². The SMILES string of the molecule is C[C@H]1Cc2ccccc2N1C(=O)C[NH+](C)CC(=O)Nc1ccc(OC(F)(F)F)cc1. The van der Waals surface area contributed by atoms with Gasteiger partial charge >= 0.3 is 6.36 Å². The molecule has 1 aliphatic rings. The van der Waals surface area contributed by atoms with Gasteiger partial charge in [-0.2, -0.15) is 0 Å². The van der Waals surface area contributed by atoms with Crippen LogP contribution in [0.1, 0.15) is 12.5 Å². The monoisotopic (exact) mass is 422 g/mol. The number of amides is 2. The third-order valence-corrected chi connectivity index (χ3v) is 4.76. The number of fused-ring (bicyclic) bond motifs is 1. The van der Waals surface area contributed by atoms with Gasteiger partial charge in [0.05, 0.1) is 7.05 Å². The molecule has 0 saturated carbocycles. The molecule has 9 heteroatoms. The molecule has 2 atom stereocenters. The van der Waals surface area contributed by atoms with Crippen LogP contribution < -0.4 is 19.9 Å². The smallest absolute Gasteiger partial charge is 0.406 e. The molecule has 0 bridgehead atoms. The average Bonchev–Trinajstić information content (AvgIpc) is 2.97. The molecule has 30 heavy (non-hydrogen) atoms. The number of halogens is 3. The predicted octanol–water partition coefficient (Wildman–Crippen LogP) is 2.02. The number of hydrogen-bond acceptors (Lipinski definition) is 3. The van der Waals surface area contributed by atoms with Gasteiger partial charge in [0.1, 0.15) is 5.75 Å². The maximum atomic E-state index is 12.8. The lowest BCUT2D eigenvalue weighted by Gasteiger charge is -2.24. The lowest BCUT2D eigenvalue weighted by Crippen LogP contribution is -3.11. The van der Waals surface area contributed by atoms with Crippen molar-refractivity contribution in [3.05, 3.63) is 54.1 Å². The fraction of sp³-hybridized carbons (Fsp3) is 0.333. The topological polar surface area (TPSA) is 63.1 Å². The quantitative estimate of drug-likeness (QED) is 0.749. The molecule has 6 nitrogen and oxygen atoms in total. The highest BCUT2D eigenvalue weighted by atomic mass is 19.4. The lowest BCUT2D eigenvalue weighted by atomic mass is 10.1. The van der Waals surface area contributed by atoms with E-state index in [1.54, 1.807) is 11.9 Å². The van der Waals surface area contributed by atoms with Gasteiger partial charge < -0.3 is 19.9 Å². The number of nitrogens with zero attached hydrogens (tertiary/aromatic N) is 1. The second kappa shape index (κ2) is 8.74. The summed E-state index contributed by atoms with van der Waals surface area (Å²) in [5.74, 6) is -0.778. The molecular weight excluding hydrogens is 399 g/mol. The van der Waals surface area contributed by atoms with Gasteiger partial charge in [-0.1, -0.05) is 18.2 Å². The molecule has 2 aromatic rings. The molecule has 0 saturated heterocycles. The van der Waals surface area contributed by atoms with Crippen molar-refractivity contribution in [2.24, 2.45) is 0 Å². The highest BCUT2D eigenvalue weighted by molar-refractivity contribution is 5.97. The molecule has 0 spiro atoms. The van der Waals surface area contributed by atoms with Crippen LogP contribution >= 0.6 is 0 Å². The number of carbonyl (C=O) groups excluding carboxylic acids is 2. The molecule has 3 rings (SSSR count). The first kappa shape index (κ1) is 21.6. The molecule has 0 aromatic heterocycles. The van der Waals surface area contributed by atoms with Crippen LogP contribution in [0.4, 0.5) is 24.5 Å². The zero-order chi connectivity index (χ0) is 21.9. The van der Waals surface area contributed by atoms with Gasteiger partial charge in [0, 0.05) is 17.4 Å². The highest BCUT2D eigenvalue weighted by Crippen LogP contribution is 2.31. The van der Waals surface area contributed by atoms with Crippen LogP contribution in [-0.2, 0) is 16.0 Å². The predicted molar refractivity (Wildman–Crippen MR) is 105 cm³/mol. The number of anilines is 2. The first-order valence-electron chi connectivity index (χ1n) is 9.49. The van der Waals surface area contributed by atoms with E-state index in [2.05, 4.69) is 10.1 Å². The Morgan fingerprint density at radius 1 is 1.13 bits per heavy atom. The number of quaternary nitrogens is 1. The Balaban J connectivity index is 1.52. The molecule has 1 aliphatic heterocycles. The fourth-order valence-electron chi connectivity index (χ4n) is 3.57. The average molecular weight is 422 g/mol. The lowest BCUT2D eigenvalue weighted by molar-refractivity contribution is -0.862. The Hall–Kier alpha value is -3.07. The van der Waals surface area contributed by atoms with E-state index in [-0.39, 0.29) is 36.7 Å². The molecule has 2 N–H and O–H groups in total. The summed E-state index contributed by atoms with van der Waals surface area (Å²) in [4.78, 5) is 27.5. The molecule has 1 unspecified atom stereocenters. The Bertz CT molecular complexity index is 916. The molecule has 2 amide bonds. The normalized spacial score (nSPS) is 16.7. The van der Waals surface area contributed by atoms with E-state index in [4.69, 9.17) is 0 Å². The van der Waals surface area contributed by atoms with E-state index >= 15 is 0 Å². The summed E-state index contributed by atoms with van der Waals surface area (Å²) in [6.07, 6.45) is -3.97. The Kier molecular flexibility index (Phi) is 6.31. The summed E-state index contributed by atoms with van der Waals surface area (Å²) in [6.45, 7) is 2.17. The first-order chi connectivity index (χ1) is 14.1. The van der Waals surface area contributed by atoms with Gasteiger partial charge in [0.2, 0.25) is 0 Å². The van der Waals surface area contributed by atoms with Gasteiger partial charge in [-0.15, -0.1) is 13.2 Å². The van der Waals surface area contributed by atoms with E-state index in [0.29, 0.717) is 10.6 Å². The molecule has 0 radical (unpaired) electrons. The Morgan fingerprint density at radius 2 is 1.80 bits per heavy atom. The van der Waals surface area contributed by atoms with Crippen LogP contribution in [0.15, 0.2) is 48.5 Å². The molecule has 1 heterocycles. The number of hydrogen-bond donors (Lipinski definition) is 2. The maximum absolute atomic E-state index is 12.8. The minimum Gasteiger partial charge on any atom is -0.406 e. The summed E-state index contributed by atoms with van der Waals surface area (Å²) in [7, 11) is 1.74. The van der Waals surface area contributed by atoms with E-state index in [0.717, 1.165) is 29.8 Å². The Labute approximate surface area is 172 Å². The van der Waals surface area contributed by atoms with Gasteiger partial charge in [-0.05, 0) is 49.2 Å². The van der Waals surface area contributed by atoms with E-state index in [1.807, 2.05) is 31.2 Å². The van der Waals surface area contributed by atoms with Crippen molar-refractivity contribution in [3.63, 3.8) is 0 Å². The summed E-state index contributed by atoms with van der Waals surface area (Å²) < 4.78 is 40.4. The van der Waals surface area contributed by atoms with Crippen molar-refractivity contribution in [3.8, 4) is 5.75 Å². The maximum Gasteiger partial charge on any atom is 0.573 e. The Morgan fingerprint density at radius 3 is 2.47 bits per heavy atom.